The minimum Gasteiger partial charge on any atom is -0.480 e. The first-order valence-electron chi connectivity index (χ1n) is 3.90. The number of hydrogen-bond donors (Lipinski definition) is 3. The van der Waals surface area contributed by atoms with E-state index >= 15 is 0 Å². The summed E-state index contributed by atoms with van der Waals surface area (Å²) in [7, 11) is 0. The Hall–Kier alpha value is -0.940. The quantitative estimate of drug-likeness (QED) is 0.534. The third kappa shape index (κ3) is 3.52. The fraction of sp³-hybridized carbons (Fsp3) is 0.625. The van der Waals surface area contributed by atoms with E-state index in [1.54, 1.807) is 13.0 Å². The molecule has 76 valence electrons. The molecule has 13 heavy (non-hydrogen) atoms. The number of alkyl halides is 1. The van der Waals surface area contributed by atoms with Crippen LogP contribution >= 0.6 is 0 Å². The third-order valence-corrected chi connectivity index (χ3v) is 1.80. The highest BCUT2D eigenvalue weighted by Gasteiger charge is 2.32. The van der Waals surface area contributed by atoms with E-state index in [0.29, 0.717) is 6.54 Å². The topological polar surface area (TPSA) is 89.3 Å². The Kier molecular flexibility index (Phi) is 4.58. The maximum Gasteiger partial charge on any atom is 0.326 e. The fourth-order valence-corrected chi connectivity index (χ4v) is 0.639. The van der Waals surface area contributed by atoms with E-state index in [1.165, 1.54) is 0 Å². The second-order valence-corrected chi connectivity index (χ2v) is 3.05. The zero-order chi connectivity index (χ0) is 10.5. The van der Waals surface area contributed by atoms with Gasteiger partial charge in [-0.05, 0) is 13.3 Å². The summed E-state index contributed by atoms with van der Waals surface area (Å²) in [4.78, 5) is 10.5. The van der Waals surface area contributed by atoms with Crippen LogP contribution in [0, 0.1) is 0 Å². The van der Waals surface area contributed by atoms with Gasteiger partial charge in [0.2, 0.25) is 0 Å². The molecule has 0 aromatic rings. The van der Waals surface area contributed by atoms with E-state index in [-0.39, 0.29) is 6.42 Å². The molecule has 0 heterocycles. The van der Waals surface area contributed by atoms with Crippen molar-refractivity contribution in [3.63, 3.8) is 0 Å². The van der Waals surface area contributed by atoms with E-state index in [4.69, 9.17) is 16.6 Å². The van der Waals surface area contributed by atoms with Crippen molar-refractivity contribution in [1.82, 2.24) is 0 Å². The number of carbonyl (C=O) groups is 1. The van der Waals surface area contributed by atoms with Crippen LogP contribution in [0.5, 0.6) is 0 Å². The van der Waals surface area contributed by atoms with Gasteiger partial charge in [0.25, 0.3) is 0 Å². The van der Waals surface area contributed by atoms with Crippen molar-refractivity contribution in [3.05, 3.63) is 11.6 Å². The zero-order valence-electron chi connectivity index (χ0n) is 7.59. The van der Waals surface area contributed by atoms with Gasteiger partial charge in [-0.1, -0.05) is 11.6 Å². The van der Waals surface area contributed by atoms with Crippen molar-refractivity contribution in [1.29, 1.82) is 0 Å². The second-order valence-electron chi connectivity index (χ2n) is 3.05. The van der Waals surface area contributed by atoms with Gasteiger partial charge in [0, 0.05) is 6.54 Å². The Morgan fingerprint density at radius 2 is 2.23 bits per heavy atom. The Balaban J connectivity index is 4.37. The van der Waals surface area contributed by atoms with Crippen LogP contribution in [0.4, 0.5) is 4.39 Å². The molecule has 0 aliphatic carbocycles. The molecule has 0 amide bonds. The normalized spacial score (nSPS) is 16.8. The highest BCUT2D eigenvalue weighted by Crippen LogP contribution is 2.10. The number of rotatable bonds is 5. The first kappa shape index (κ1) is 12.1. The van der Waals surface area contributed by atoms with E-state index in [1.807, 2.05) is 0 Å². The smallest absolute Gasteiger partial charge is 0.326 e. The first-order valence-corrected chi connectivity index (χ1v) is 3.90. The Morgan fingerprint density at radius 1 is 1.69 bits per heavy atom. The van der Waals surface area contributed by atoms with Gasteiger partial charge in [-0.3, -0.25) is 4.79 Å². The van der Waals surface area contributed by atoms with Gasteiger partial charge in [-0.2, -0.15) is 0 Å². The van der Waals surface area contributed by atoms with Crippen LogP contribution in [0.3, 0.4) is 0 Å². The SMILES string of the molecule is C/C(=C\CC(N)(CF)C(=O)O)CN. The summed E-state index contributed by atoms with van der Waals surface area (Å²) in [6, 6.07) is 0. The van der Waals surface area contributed by atoms with Gasteiger partial charge < -0.3 is 16.6 Å². The molecule has 0 fully saturated rings. The average Bonchev–Trinajstić information content (AvgIpc) is 2.13. The van der Waals surface area contributed by atoms with Gasteiger partial charge >= 0.3 is 5.97 Å². The fourth-order valence-electron chi connectivity index (χ4n) is 0.639. The highest BCUT2D eigenvalue weighted by atomic mass is 19.1. The van der Waals surface area contributed by atoms with Crippen LogP contribution < -0.4 is 11.5 Å². The van der Waals surface area contributed by atoms with Crippen LogP contribution in [-0.2, 0) is 4.79 Å². The summed E-state index contributed by atoms with van der Waals surface area (Å²) in [6.07, 6.45) is 1.51. The minimum atomic E-state index is -1.81. The molecular formula is C8H15FN2O2. The second kappa shape index (κ2) is 4.94. The predicted octanol–water partition coefficient (Wildman–Crippen LogP) is 0.0331. The molecule has 0 aromatic carbocycles. The van der Waals surface area contributed by atoms with E-state index in [2.05, 4.69) is 0 Å². The number of carboxylic acids is 1. The molecule has 0 saturated heterocycles. The minimum absolute atomic E-state index is 0.0398. The van der Waals surface area contributed by atoms with Crippen molar-refractivity contribution in [2.45, 2.75) is 18.9 Å². The van der Waals surface area contributed by atoms with Crippen molar-refractivity contribution >= 4 is 5.97 Å². The molecule has 0 aromatic heterocycles. The lowest BCUT2D eigenvalue weighted by Crippen LogP contribution is -2.49. The van der Waals surface area contributed by atoms with Crippen LogP contribution in [0.15, 0.2) is 11.6 Å². The molecule has 0 rings (SSSR count). The summed E-state index contributed by atoms with van der Waals surface area (Å²) < 4.78 is 12.3. The molecule has 5 N–H and O–H groups in total. The molecule has 0 aliphatic heterocycles. The lowest BCUT2D eigenvalue weighted by Gasteiger charge is -2.18. The summed E-state index contributed by atoms with van der Waals surface area (Å²) in [5.41, 5.74) is 9.54. The number of nitrogens with two attached hydrogens (primary N) is 2. The van der Waals surface area contributed by atoms with Crippen LogP contribution in [0.1, 0.15) is 13.3 Å². The van der Waals surface area contributed by atoms with E-state index in [9.17, 15) is 9.18 Å². The van der Waals surface area contributed by atoms with Crippen LogP contribution in [0.2, 0.25) is 0 Å². The van der Waals surface area contributed by atoms with E-state index in [0.717, 1.165) is 5.57 Å². The van der Waals surface area contributed by atoms with Gasteiger partial charge in [0.05, 0.1) is 0 Å². The van der Waals surface area contributed by atoms with Gasteiger partial charge in [0.15, 0.2) is 0 Å². The van der Waals surface area contributed by atoms with Gasteiger partial charge in [0.1, 0.15) is 12.2 Å². The summed E-state index contributed by atoms with van der Waals surface area (Å²) in [6.45, 7) is 0.971. The highest BCUT2D eigenvalue weighted by molar-refractivity contribution is 5.78. The maximum atomic E-state index is 12.3. The van der Waals surface area contributed by atoms with Crippen molar-refractivity contribution in [2.24, 2.45) is 11.5 Å². The number of carboxylic acid groups (broad SMARTS) is 1. The van der Waals surface area contributed by atoms with Crippen molar-refractivity contribution < 1.29 is 14.3 Å². The van der Waals surface area contributed by atoms with Crippen molar-refractivity contribution in [3.8, 4) is 0 Å². The van der Waals surface area contributed by atoms with Crippen LogP contribution in [0.25, 0.3) is 0 Å². The molecule has 0 saturated carbocycles. The lowest BCUT2D eigenvalue weighted by atomic mass is 9.97. The summed E-state index contributed by atoms with van der Waals surface area (Å²) in [5.74, 6) is -1.34. The monoisotopic (exact) mass is 190 g/mol. The lowest BCUT2D eigenvalue weighted by molar-refractivity contribution is -0.143. The third-order valence-electron chi connectivity index (χ3n) is 1.80. The van der Waals surface area contributed by atoms with Gasteiger partial charge in [-0.15, -0.1) is 0 Å². The predicted molar refractivity (Wildman–Crippen MR) is 48.0 cm³/mol. The Labute approximate surface area is 76.4 Å². The molecule has 0 aliphatic rings. The van der Waals surface area contributed by atoms with E-state index < -0.39 is 18.2 Å². The summed E-state index contributed by atoms with van der Waals surface area (Å²) >= 11 is 0. The van der Waals surface area contributed by atoms with Crippen LogP contribution in [-0.4, -0.2) is 29.8 Å². The number of aliphatic carboxylic acids is 1. The molecule has 1 atom stereocenters. The zero-order valence-corrected chi connectivity index (χ0v) is 7.59. The molecule has 1 unspecified atom stereocenters. The number of hydrogen-bond acceptors (Lipinski definition) is 3. The molecule has 4 nitrogen and oxygen atoms in total. The van der Waals surface area contributed by atoms with Gasteiger partial charge in [-0.25, -0.2) is 4.39 Å². The van der Waals surface area contributed by atoms with Crippen molar-refractivity contribution in [2.75, 3.05) is 13.2 Å². The molecule has 5 heteroatoms. The molecule has 0 spiro atoms. The largest absolute Gasteiger partial charge is 0.480 e. The summed E-state index contributed by atoms with van der Waals surface area (Å²) in [5, 5.41) is 8.59. The Bertz CT molecular complexity index is 218. The first-order chi connectivity index (χ1) is 5.96. The Morgan fingerprint density at radius 3 is 2.54 bits per heavy atom. The average molecular weight is 190 g/mol. The molecular weight excluding hydrogens is 175 g/mol. The maximum absolute atomic E-state index is 12.3. The standard InChI is InChI=1S/C8H15FN2O2/c1-6(4-10)2-3-8(11,5-9)7(12)13/h2H,3-5,10-11H2,1H3,(H,12,13)/b6-2+. The number of halogens is 1. The molecule has 0 radical (unpaired) electrons. The molecule has 0 bridgehead atoms.